The normalized spacial score (nSPS) is 11.6. The fraction of sp³-hybridized carbons (Fsp3) is 0.278. The van der Waals surface area contributed by atoms with E-state index in [2.05, 4.69) is 10.5 Å². The van der Waals surface area contributed by atoms with Gasteiger partial charge in [0.15, 0.2) is 0 Å². The molecule has 0 fully saturated rings. The number of benzene rings is 2. The first-order valence-electron chi connectivity index (χ1n) is 8.40. The summed E-state index contributed by atoms with van der Waals surface area (Å²) in [6, 6.07) is 7.07. The third kappa shape index (κ3) is 4.90. The molecule has 2 aromatic carbocycles. The van der Waals surface area contributed by atoms with E-state index in [0.29, 0.717) is 11.6 Å². The van der Waals surface area contributed by atoms with E-state index in [1.165, 1.54) is 6.21 Å². The molecule has 0 aromatic heterocycles. The molecule has 2 N–H and O–H groups in total. The highest BCUT2D eigenvalue weighted by atomic mass is 19.4. The number of hydrazone groups is 1. The first kappa shape index (κ1) is 21.0. The largest absolute Gasteiger partial charge is 0.507 e. The summed E-state index contributed by atoms with van der Waals surface area (Å²) in [6.07, 6.45) is -3.46. The van der Waals surface area contributed by atoms with Crippen molar-refractivity contribution in [2.24, 2.45) is 5.10 Å². The highest BCUT2D eigenvalue weighted by molar-refractivity contribution is 5.85. The van der Waals surface area contributed by atoms with Crippen LogP contribution in [0.1, 0.15) is 25.0 Å². The van der Waals surface area contributed by atoms with E-state index in [9.17, 15) is 28.4 Å². The van der Waals surface area contributed by atoms with Gasteiger partial charge in [-0.15, -0.1) is 0 Å². The molecule has 10 heteroatoms. The molecule has 0 unspecified atom stereocenters. The van der Waals surface area contributed by atoms with Crippen LogP contribution in [-0.2, 0) is 6.18 Å². The predicted molar refractivity (Wildman–Crippen MR) is 101 cm³/mol. The Labute approximate surface area is 159 Å². The molecule has 7 nitrogen and oxygen atoms in total. The predicted octanol–water partition coefficient (Wildman–Crippen LogP) is 4.61. The number of anilines is 2. The lowest BCUT2D eigenvalue weighted by molar-refractivity contribution is -0.384. The number of phenolic OH excluding ortho intramolecular Hbond substituents is 1. The van der Waals surface area contributed by atoms with Gasteiger partial charge in [0, 0.05) is 36.5 Å². The summed E-state index contributed by atoms with van der Waals surface area (Å²) in [5.74, 6) is -0.0446. The van der Waals surface area contributed by atoms with E-state index in [-0.39, 0.29) is 11.4 Å². The molecule has 0 radical (unpaired) electrons. The number of alkyl halides is 3. The zero-order chi connectivity index (χ0) is 20.9. The summed E-state index contributed by atoms with van der Waals surface area (Å²) in [7, 11) is 0. The van der Waals surface area contributed by atoms with Gasteiger partial charge in [0.2, 0.25) is 0 Å². The van der Waals surface area contributed by atoms with Crippen LogP contribution in [0.4, 0.5) is 30.2 Å². The monoisotopic (exact) mass is 396 g/mol. The van der Waals surface area contributed by atoms with Gasteiger partial charge in [-0.3, -0.25) is 15.5 Å². The highest BCUT2D eigenvalue weighted by Gasteiger charge is 2.33. The minimum absolute atomic E-state index is 0.0446. The number of halogens is 3. The van der Waals surface area contributed by atoms with E-state index >= 15 is 0 Å². The molecule has 0 bridgehead atoms. The van der Waals surface area contributed by atoms with Crippen LogP contribution in [0.3, 0.4) is 0 Å². The lowest BCUT2D eigenvalue weighted by Crippen LogP contribution is -2.21. The van der Waals surface area contributed by atoms with Gasteiger partial charge in [-0.1, -0.05) is 0 Å². The zero-order valence-corrected chi connectivity index (χ0v) is 15.2. The van der Waals surface area contributed by atoms with Crippen LogP contribution in [0.25, 0.3) is 0 Å². The number of nitro benzene ring substituents is 1. The molecule has 0 atom stereocenters. The highest BCUT2D eigenvalue weighted by Crippen LogP contribution is 2.35. The number of rotatable bonds is 7. The quantitative estimate of drug-likeness (QED) is 0.405. The van der Waals surface area contributed by atoms with E-state index in [1.807, 2.05) is 18.7 Å². The molecule has 0 amide bonds. The minimum Gasteiger partial charge on any atom is -0.507 e. The summed E-state index contributed by atoms with van der Waals surface area (Å²) in [5, 5.41) is 25.0. The average Bonchev–Trinajstić information content (AvgIpc) is 2.63. The number of aromatic hydroxyl groups is 1. The molecule has 150 valence electrons. The molecule has 0 saturated carbocycles. The smallest absolute Gasteiger partial charge is 0.416 e. The molecule has 0 aliphatic rings. The van der Waals surface area contributed by atoms with Gasteiger partial charge >= 0.3 is 6.18 Å². The molecule has 2 rings (SSSR count). The van der Waals surface area contributed by atoms with Gasteiger partial charge in [-0.2, -0.15) is 18.3 Å². The second-order valence-corrected chi connectivity index (χ2v) is 5.77. The van der Waals surface area contributed by atoms with E-state index in [4.69, 9.17) is 0 Å². The van der Waals surface area contributed by atoms with Crippen LogP contribution in [0.5, 0.6) is 5.75 Å². The van der Waals surface area contributed by atoms with Gasteiger partial charge in [-0.05, 0) is 38.1 Å². The van der Waals surface area contributed by atoms with Gasteiger partial charge in [0.25, 0.3) is 5.69 Å². The number of nitro groups is 1. The Morgan fingerprint density at radius 2 is 1.89 bits per heavy atom. The summed E-state index contributed by atoms with van der Waals surface area (Å²) in [5.41, 5.74) is 1.43. The molecule has 0 saturated heterocycles. The van der Waals surface area contributed by atoms with Crippen LogP contribution in [0.15, 0.2) is 41.5 Å². The molecule has 28 heavy (non-hydrogen) atoms. The van der Waals surface area contributed by atoms with Crippen molar-refractivity contribution in [2.75, 3.05) is 23.4 Å². The Bertz CT molecular complexity index is 881. The maximum Gasteiger partial charge on any atom is 0.416 e. The Hall–Kier alpha value is -3.30. The van der Waals surface area contributed by atoms with Crippen molar-refractivity contribution in [3.05, 3.63) is 57.6 Å². The van der Waals surface area contributed by atoms with Crippen LogP contribution in [-0.4, -0.2) is 29.3 Å². The van der Waals surface area contributed by atoms with Gasteiger partial charge in [-0.25, -0.2) is 0 Å². The fourth-order valence-corrected chi connectivity index (χ4v) is 2.55. The van der Waals surface area contributed by atoms with Crippen LogP contribution >= 0.6 is 0 Å². The molecule has 0 spiro atoms. The molecular weight excluding hydrogens is 377 g/mol. The lowest BCUT2D eigenvalue weighted by Gasteiger charge is -2.21. The second-order valence-electron chi connectivity index (χ2n) is 5.77. The second kappa shape index (κ2) is 8.59. The summed E-state index contributed by atoms with van der Waals surface area (Å²) < 4.78 is 38.2. The zero-order valence-electron chi connectivity index (χ0n) is 15.2. The fourth-order valence-electron chi connectivity index (χ4n) is 2.55. The summed E-state index contributed by atoms with van der Waals surface area (Å²) in [6.45, 7) is 5.50. The number of phenols is 1. The number of nitrogens with one attached hydrogen (secondary N) is 1. The minimum atomic E-state index is -4.69. The molecular formula is C18H19F3N4O3. The van der Waals surface area contributed by atoms with Crippen LogP contribution in [0, 0.1) is 10.1 Å². The van der Waals surface area contributed by atoms with Crippen molar-refractivity contribution in [2.45, 2.75) is 20.0 Å². The first-order chi connectivity index (χ1) is 13.2. The number of hydrogen-bond donors (Lipinski definition) is 2. The van der Waals surface area contributed by atoms with Gasteiger partial charge < -0.3 is 10.0 Å². The van der Waals surface area contributed by atoms with Crippen molar-refractivity contribution in [1.82, 2.24) is 0 Å². The third-order valence-electron chi connectivity index (χ3n) is 4.05. The summed E-state index contributed by atoms with van der Waals surface area (Å²) >= 11 is 0. The number of nitrogens with zero attached hydrogens (tertiary/aromatic N) is 3. The van der Waals surface area contributed by atoms with Gasteiger partial charge in [0.1, 0.15) is 11.4 Å². The van der Waals surface area contributed by atoms with E-state index in [1.54, 1.807) is 18.2 Å². The van der Waals surface area contributed by atoms with Crippen molar-refractivity contribution in [1.29, 1.82) is 0 Å². The first-order valence-corrected chi connectivity index (χ1v) is 8.40. The van der Waals surface area contributed by atoms with Crippen molar-refractivity contribution < 1.29 is 23.2 Å². The van der Waals surface area contributed by atoms with Gasteiger partial charge in [0.05, 0.1) is 16.7 Å². The number of hydrogen-bond acceptors (Lipinski definition) is 6. The molecule has 2 aromatic rings. The van der Waals surface area contributed by atoms with Crippen molar-refractivity contribution in [3.8, 4) is 5.75 Å². The Kier molecular flexibility index (Phi) is 6.45. The van der Waals surface area contributed by atoms with Crippen LogP contribution < -0.4 is 10.3 Å². The Morgan fingerprint density at radius 3 is 2.43 bits per heavy atom. The Balaban J connectivity index is 2.22. The topological polar surface area (TPSA) is 91.0 Å². The van der Waals surface area contributed by atoms with E-state index in [0.717, 1.165) is 30.9 Å². The van der Waals surface area contributed by atoms with Crippen molar-refractivity contribution in [3.63, 3.8) is 0 Å². The third-order valence-corrected chi connectivity index (χ3v) is 4.05. The standard InChI is InChI=1S/C18H19F3N4O3/c1-3-24(4-2)14-7-5-12(17(26)10-14)11-22-23-15-8-6-13(18(19,20)21)9-16(15)25(27)28/h5-11,23,26H,3-4H2,1-2H3/b22-11+. The van der Waals surface area contributed by atoms with E-state index < -0.39 is 22.4 Å². The SMILES string of the molecule is CCN(CC)c1ccc(/C=N/Nc2ccc(C(F)(F)F)cc2[N+](=O)[O-])c(O)c1. The average molecular weight is 396 g/mol. The lowest BCUT2D eigenvalue weighted by atomic mass is 10.1. The maximum absolute atomic E-state index is 12.7. The maximum atomic E-state index is 12.7. The Morgan fingerprint density at radius 1 is 1.21 bits per heavy atom. The molecule has 0 heterocycles. The molecule has 0 aliphatic carbocycles. The molecule has 0 aliphatic heterocycles. The van der Waals surface area contributed by atoms with Crippen LogP contribution in [0.2, 0.25) is 0 Å². The van der Waals surface area contributed by atoms with Crippen molar-refractivity contribution >= 4 is 23.3 Å². The summed E-state index contributed by atoms with van der Waals surface area (Å²) in [4.78, 5) is 12.2.